The van der Waals surface area contributed by atoms with Gasteiger partial charge in [0, 0.05) is 26.9 Å². The van der Waals surface area contributed by atoms with Gasteiger partial charge in [0.1, 0.15) is 0 Å². The maximum atomic E-state index is 14.0. The van der Waals surface area contributed by atoms with Gasteiger partial charge in [-0.2, -0.15) is 13.2 Å². The molecule has 1 heterocycles. The number of nitrogens with zero attached hydrogens (tertiary/aromatic N) is 1. The third-order valence-electron chi connectivity index (χ3n) is 4.24. The molecule has 2 nitrogen and oxygen atoms in total. The second kappa shape index (κ2) is 8.97. The second-order valence-corrected chi connectivity index (χ2v) is 7.69. The van der Waals surface area contributed by atoms with Crippen LogP contribution in [0.25, 0.3) is 0 Å². The van der Waals surface area contributed by atoms with E-state index in [4.69, 9.17) is 28.0 Å². The Morgan fingerprint density at radius 2 is 1.68 bits per heavy atom. The molecule has 0 aromatic heterocycles. The molecule has 0 fully saturated rings. The lowest BCUT2D eigenvalue weighted by molar-refractivity contribution is -0.275. The van der Waals surface area contributed by atoms with Crippen molar-refractivity contribution in [3.8, 4) is 0 Å². The van der Waals surface area contributed by atoms with Gasteiger partial charge in [-0.1, -0.05) is 48.3 Å². The van der Waals surface area contributed by atoms with Gasteiger partial charge in [-0.05, 0) is 54.6 Å². The fraction of sp³-hybridized carbons (Fsp3) is 0.350. The average Bonchev–Trinajstić information content (AvgIpc) is 3.09. The van der Waals surface area contributed by atoms with Crippen LogP contribution in [0.4, 0.5) is 13.2 Å². The highest BCUT2D eigenvalue weighted by atomic mass is 35.5. The Labute approximate surface area is 177 Å². The maximum absolute atomic E-state index is 14.0. The first-order valence-electron chi connectivity index (χ1n) is 8.59. The monoisotopic (exact) mass is 449 g/mol. The Morgan fingerprint density at radius 3 is 2.18 bits per heavy atom. The first-order valence-corrected chi connectivity index (χ1v) is 10.6. The van der Waals surface area contributed by atoms with Crippen LogP contribution >= 0.6 is 35.0 Å². The van der Waals surface area contributed by atoms with Crippen molar-refractivity contribution in [2.45, 2.75) is 43.9 Å². The molecule has 1 atom stereocenters. The summed E-state index contributed by atoms with van der Waals surface area (Å²) in [5.41, 5.74) is -0.983. The Hall–Kier alpha value is -1.37. The molecule has 3 rings (SSSR count). The Bertz CT molecular complexity index is 866. The number of thioether (sulfide) groups is 1. The van der Waals surface area contributed by atoms with Crippen molar-refractivity contribution in [3.63, 3.8) is 0 Å². The van der Waals surface area contributed by atoms with E-state index in [0.717, 1.165) is 10.5 Å². The van der Waals surface area contributed by atoms with Crippen LogP contribution in [0.3, 0.4) is 0 Å². The summed E-state index contributed by atoms with van der Waals surface area (Å²) in [6.07, 6.45) is -3.21. The third-order valence-corrected chi connectivity index (χ3v) is 5.58. The van der Waals surface area contributed by atoms with E-state index in [1.807, 2.05) is 39.2 Å². The van der Waals surface area contributed by atoms with Gasteiger partial charge in [0.2, 0.25) is 0 Å². The molecule has 0 radical (unpaired) electrons. The first-order chi connectivity index (χ1) is 13.2. The van der Waals surface area contributed by atoms with E-state index < -0.39 is 18.2 Å². The summed E-state index contributed by atoms with van der Waals surface area (Å²) < 4.78 is 41.9. The topological polar surface area (TPSA) is 21.6 Å². The van der Waals surface area contributed by atoms with E-state index in [1.54, 1.807) is 17.8 Å². The summed E-state index contributed by atoms with van der Waals surface area (Å²) in [7, 11) is 0. The molecule has 1 unspecified atom stereocenters. The van der Waals surface area contributed by atoms with Crippen LogP contribution in [0.1, 0.15) is 37.0 Å². The smallest absolute Gasteiger partial charge is 0.374 e. The molecule has 8 heteroatoms. The van der Waals surface area contributed by atoms with Gasteiger partial charge in [-0.3, -0.25) is 0 Å². The minimum Gasteiger partial charge on any atom is -0.374 e. The molecule has 0 N–H and O–H groups in total. The number of oxime groups is 1. The van der Waals surface area contributed by atoms with E-state index in [1.165, 1.54) is 18.2 Å². The highest BCUT2D eigenvalue weighted by Gasteiger charge is 2.62. The molecule has 0 amide bonds. The number of hydrogen-bond acceptors (Lipinski definition) is 3. The van der Waals surface area contributed by atoms with Crippen LogP contribution in [0.5, 0.6) is 0 Å². The first kappa shape index (κ1) is 22.9. The molecule has 2 aromatic rings. The SMILES string of the molecule is CC.CSc1ccc(C2=NOC(c3cc(Cl)cc(Cl)c3)(C(F)(F)F)C2)cc1C. The number of benzene rings is 2. The lowest BCUT2D eigenvalue weighted by Crippen LogP contribution is -2.42. The van der Waals surface area contributed by atoms with Crippen molar-refractivity contribution in [1.82, 2.24) is 0 Å². The van der Waals surface area contributed by atoms with E-state index in [9.17, 15) is 13.2 Å². The quantitative estimate of drug-likeness (QED) is 0.449. The summed E-state index contributed by atoms with van der Waals surface area (Å²) in [5.74, 6) is 0. The molecule has 0 saturated heterocycles. The average molecular weight is 450 g/mol. The molecule has 1 aliphatic rings. The molecule has 0 spiro atoms. The number of hydrogen-bond donors (Lipinski definition) is 0. The van der Waals surface area contributed by atoms with E-state index in [-0.39, 0.29) is 21.3 Å². The summed E-state index contributed by atoms with van der Waals surface area (Å²) >= 11 is 13.4. The van der Waals surface area contributed by atoms with Gasteiger partial charge in [-0.15, -0.1) is 11.8 Å². The predicted molar refractivity (Wildman–Crippen MR) is 111 cm³/mol. The molecule has 0 saturated carbocycles. The summed E-state index contributed by atoms with van der Waals surface area (Å²) in [5, 5.41) is 3.97. The summed E-state index contributed by atoms with van der Waals surface area (Å²) in [6.45, 7) is 5.90. The van der Waals surface area contributed by atoms with Crippen LogP contribution in [-0.2, 0) is 10.4 Å². The van der Waals surface area contributed by atoms with Gasteiger partial charge in [0.05, 0.1) is 5.71 Å². The fourth-order valence-corrected chi connectivity index (χ4v) is 4.01. The van der Waals surface area contributed by atoms with Gasteiger partial charge < -0.3 is 4.84 Å². The minimum absolute atomic E-state index is 0.105. The lowest BCUT2D eigenvalue weighted by Gasteiger charge is -2.29. The number of aryl methyl sites for hydroxylation is 1. The molecule has 2 aromatic carbocycles. The highest BCUT2D eigenvalue weighted by Crippen LogP contribution is 2.49. The van der Waals surface area contributed by atoms with E-state index >= 15 is 0 Å². The molecule has 0 aliphatic carbocycles. The zero-order valence-corrected chi connectivity index (χ0v) is 18.2. The van der Waals surface area contributed by atoms with Gasteiger partial charge in [0.25, 0.3) is 5.60 Å². The van der Waals surface area contributed by atoms with Crippen LogP contribution in [0, 0.1) is 6.92 Å². The standard InChI is InChI=1S/C18H14Cl2F3NOS.C2H6/c1-10-5-11(3-4-16(10)26-2)15-9-17(25-24-15,18(21,22)23)12-6-13(19)8-14(20)7-12;1-2/h3-8H,9H2,1-2H3;1-2H3. The van der Waals surface area contributed by atoms with Gasteiger partial charge in [-0.25, -0.2) is 0 Å². The second-order valence-electron chi connectivity index (χ2n) is 5.97. The summed E-state index contributed by atoms with van der Waals surface area (Å²) in [6, 6.07) is 9.21. The summed E-state index contributed by atoms with van der Waals surface area (Å²) in [4.78, 5) is 6.06. The van der Waals surface area contributed by atoms with Crippen LogP contribution in [0.15, 0.2) is 46.4 Å². The van der Waals surface area contributed by atoms with Gasteiger partial charge >= 0.3 is 6.18 Å². The lowest BCUT2D eigenvalue weighted by atomic mass is 9.86. The Morgan fingerprint density at radius 1 is 1.07 bits per heavy atom. The number of rotatable bonds is 3. The fourth-order valence-electron chi connectivity index (χ4n) is 2.90. The Balaban J connectivity index is 0.00000136. The predicted octanol–water partition coefficient (Wildman–Crippen LogP) is 7.63. The van der Waals surface area contributed by atoms with Crippen molar-refractivity contribution in [2.24, 2.45) is 5.16 Å². The van der Waals surface area contributed by atoms with Crippen LogP contribution in [-0.4, -0.2) is 18.1 Å². The van der Waals surface area contributed by atoms with Crippen molar-refractivity contribution in [2.75, 3.05) is 6.26 Å². The zero-order valence-electron chi connectivity index (χ0n) is 15.8. The van der Waals surface area contributed by atoms with E-state index in [0.29, 0.717) is 5.56 Å². The maximum Gasteiger partial charge on any atom is 0.435 e. The number of alkyl halides is 3. The molecular weight excluding hydrogens is 430 g/mol. The zero-order chi connectivity index (χ0) is 21.1. The van der Waals surface area contributed by atoms with Crippen LogP contribution < -0.4 is 0 Å². The largest absolute Gasteiger partial charge is 0.435 e. The van der Waals surface area contributed by atoms with Gasteiger partial charge in [0.15, 0.2) is 0 Å². The Kier molecular flexibility index (Phi) is 7.34. The third kappa shape index (κ3) is 4.44. The molecule has 1 aliphatic heterocycles. The molecule has 0 bridgehead atoms. The van der Waals surface area contributed by atoms with Crippen molar-refractivity contribution < 1.29 is 18.0 Å². The van der Waals surface area contributed by atoms with Crippen molar-refractivity contribution in [1.29, 1.82) is 0 Å². The number of halogens is 5. The van der Waals surface area contributed by atoms with Crippen LogP contribution in [0.2, 0.25) is 10.0 Å². The normalized spacial score (nSPS) is 18.8. The minimum atomic E-state index is -4.69. The van der Waals surface area contributed by atoms with Crippen molar-refractivity contribution >= 4 is 40.7 Å². The van der Waals surface area contributed by atoms with Crippen molar-refractivity contribution in [3.05, 3.63) is 63.1 Å². The molecule has 28 heavy (non-hydrogen) atoms. The molecule has 152 valence electrons. The highest BCUT2D eigenvalue weighted by molar-refractivity contribution is 7.98. The van der Waals surface area contributed by atoms with E-state index in [2.05, 4.69) is 5.16 Å². The molecular formula is C20H20Cl2F3NOS.